The molecule has 0 aromatic heterocycles. The highest BCUT2D eigenvalue weighted by Crippen LogP contribution is 2.43. The molecule has 52 heavy (non-hydrogen) atoms. The van der Waals surface area contributed by atoms with Crippen molar-refractivity contribution in [3.63, 3.8) is 0 Å². The average molecular weight is 729 g/mol. The summed E-state index contributed by atoms with van der Waals surface area (Å²) >= 11 is 10.2. The van der Waals surface area contributed by atoms with E-state index in [9.17, 15) is 0 Å². The van der Waals surface area contributed by atoms with Gasteiger partial charge in [-0.25, -0.2) is 0 Å². The summed E-state index contributed by atoms with van der Waals surface area (Å²) < 4.78 is 20.0. The van der Waals surface area contributed by atoms with Crippen molar-refractivity contribution in [2.75, 3.05) is 52.9 Å². The zero-order valence-electron chi connectivity index (χ0n) is 29.5. The van der Waals surface area contributed by atoms with Crippen LogP contribution in [0.25, 0.3) is 0 Å². The Morgan fingerprint density at radius 2 is 0.385 bits per heavy atom. The Morgan fingerprint density at radius 3 is 0.519 bits per heavy atom. The molecule has 268 valence electrons. The van der Waals surface area contributed by atoms with Crippen LogP contribution in [0.15, 0.2) is 182 Å². The monoisotopic (exact) mass is 728 g/mol. The van der Waals surface area contributed by atoms with Crippen molar-refractivity contribution in [3.8, 4) is 0 Å². The Morgan fingerprint density at radius 1 is 0.250 bits per heavy atom. The number of hydrogen-bond acceptors (Lipinski definition) is 6. The van der Waals surface area contributed by atoms with Gasteiger partial charge in [-0.1, -0.05) is 182 Å². The van der Waals surface area contributed by atoms with Gasteiger partial charge in [-0.15, -0.1) is 0 Å². The summed E-state index contributed by atoms with van der Waals surface area (Å²) in [6.07, 6.45) is 0. The first-order chi connectivity index (χ1) is 25.6. The largest absolute Gasteiger partial charge is 0.377 e. The highest BCUT2D eigenvalue weighted by atomic mass is 32.1. The maximum absolute atomic E-state index is 5.22. The van der Waals surface area contributed by atoms with Gasteiger partial charge in [-0.3, -0.25) is 0 Å². The summed E-state index contributed by atoms with van der Waals surface area (Å²) in [7, 11) is 0. The minimum atomic E-state index is -0.427. The van der Waals surface area contributed by atoms with Crippen LogP contribution in [0.3, 0.4) is 0 Å². The molecule has 0 amide bonds. The number of ether oxygens (including phenoxy) is 4. The van der Waals surface area contributed by atoms with E-state index in [-0.39, 0.29) is 0 Å². The molecule has 0 spiro atoms. The average Bonchev–Trinajstić information content (AvgIpc) is 3.23. The van der Waals surface area contributed by atoms with Gasteiger partial charge in [0, 0.05) is 0 Å². The third-order valence-corrected chi connectivity index (χ3v) is 10.2. The van der Waals surface area contributed by atoms with Crippen LogP contribution in [-0.4, -0.2) is 52.9 Å². The predicted octanol–water partition coefficient (Wildman–Crippen LogP) is 9.88. The van der Waals surface area contributed by atoms with E-state index in [0.29, 0.717) is 52.9 Å². The molecule has 0 aliphatic carbocycles. The third-order valence-electron chi connectivity index (χ3n) is 8.64. The van der Waals surface area contributed by atoms with Crippen molar-refractivity contribution < 1.29 is 18.9 Å². The molecule has 0 bridgehead atoms. The molecule has 6 aromatic carbocycles. The maximum Gasteiger partial charge on any atom is 0.0878 e. The summed E-state index contributed by atoms with van der Waals surface area (Å²) in [5, 5.41) is 0. The molecule has 1 heterocycles. The predicted molar refractivity (Wildman–Crippen MR) is 220 cm³/mol. The standard InChI is InChI=1S/2C19H16S.C8H16O4/c2*20-19(16-10-4-1-5-11-16,17-12-6-2-7-13-17)18-14-8-3-9-15-18;1-2-10-5-6-12-8-7-11-4-3-9-1/h2*1-15,20H;1-8H2. The molecule has 0 unspecified atom stereocenters. The zero-order valence-corrected chi connectivity index (χ0v) is 31.3. The lowest BCUT2D eigenvalue weighted by Gasteiger charge is -2.30. The van der Waals surface area contributed by atoms with Crippen LogP contribution in [0.2, 0.25) is 0 Å². The van der Waals surface area contributed by atoms with Gasteiger partial charge in [0.2, 0.25) is 0 Å². The van der Waals surface area contributed by atoms with E-state index in [4.69, 9.17) is 44.2 Å². The smallest absolute Gasteiger partial charge is 0.0878 e. The normalized spacial score (nSPS) is 14.2. The molecular formula is C46H48O4S2. The topological polar surface area (TPSA) is 36.9 Å². The molecule has 6 heteroatoms. The highest BCUT2D eigenvalue weighted by Gasteiger charge is 2.32. The summed E-state index contributed by atoms with van der Waals surface area (Å²) in [6, 6.07) is 62.5. The SMILES string of the molecule is C1COCCOCCOCCO1.SC(c1ccccc1)(c1ccccc1)c1ccccc1.SC(c1ccccc1)(c1ccccc1)c1ccccc1. The Balaban J connectivity index is 0.000000156. The molecule has 0 atom stereocenters. The molecule has 0 radical (unpaired) electrons. The minimum Gasteiger partial charge on any atom is -0.377 e. The molecule has 7 rings (SSSR count). The molecule has 6 aromatic rings. The second-order valence-corrected chi connectivity index (χ2v) is 13.4. The van der Waals surface area contributed by atoms with E-state index in [2.05, 4.69) is 146 Å². The van der Waals surface area contributed by atoms with Crippen molar-refractivity contribution in [3.05, 3.63) is 215 Å². The summed E-state index contributed by atoms with van der Waals surface area (Å²) in [4.78, 5) is 0. The number of hydrogen-bond donors (Lipinski definition) is 2. The molecule has 0 N–H and O–H groups in total. The third kappa shape index (κ3) is 10.9. The maximum atomic E-state index is 5.22. The van der Waals surface area contributed by atoms with Crippen LogP contribution in [0.4, 0.5) is 0 Å². The van der Waals surface area contributed by atoms with Crippen molar-refractivity contribution in [2.24, 2.45) is 0 Å². The van der Waals surface area contributed by atoms with Crippen LogP contribution in [0, 0.1) is 0 Å². The first kappa shape index (κ1) is 39.1. The molecule has 1 aliphatic rings. The lowest BCUT2D eigenvalue weighted by molar-refractivity contribution is -0.0334. The Bertz CT molecular complexity index is 1430. The molecular weight excluding hydrogens is 681 g/mol. The van der Waals surface area contributed by atoms with Gasteiger partial charge >= 0.3 is 0 Å². The number of thiol groups is 2. The zero-order chi connectivity index (χ0) is 36.2. The van der Waals surface area contributed by atoms with E-state index in [1.54, 1.807) is 0 Å². The fourth-order valence-electron chi connectivity index (χ4n) is 5.96. The van der Waals surface area contributed by atoms with Gasteiger partial charge in [0.25, 0.3) is 0 Å². The van der Waals surface area contributed by atoms with Gasteiger partial charge in [-0.2, -0.15) is 25.3 Å². The first-order valence-corrected chi connectivity index (χ1v) is 18.6. The Labute approximate surface area is 320 Å². The molecule has 0 saturated carbocycles. The lowest BCUT2D eigenvalue weighted by atomic mass is 9.84. The second-order valence-electron chi connectivity index (χ2n) is 12.1. The Kier molecular flexibility index (Phi) is 16.1. The summed E-state index contributed by atoms with van der Waals surface area (Å²) in [5.74, 6) is 0. The molecule has 1 fully saturated rings. The fraction of sp³-hybridized carbons (Fsp3) is 0.217. The first-order valence-electron chi connectivity index (χ1n) is 17.7. The summed E-state index contributed by atoms with van der Waals surface area (Å²) in [6.45, 7) is 5.14. The van der Waals surface area contributed by atoms with Crippen molar-refractivity contribution in [1.82, 2.24) is 0 Å². The van der Waals surface area contributed by atoms with E-state index in [1.165, 1.54) is 33.4 Å². The van der Waals surface area contributed by atoms with Crippen LogP contribution in [0.5, 0.6) is 0 Å². The van der Waals surface area contributed by atoms with Crippen molar-refractivity contribution >= 4 is 25.3 Å². The molecule has 4 nitrogen and oxygen atoms in total. The van der Waals surface area contributed by atoms with Gasteiger partial charge in [0.05, 0.1) is 62.3 Å². The van der Waals surface area contributed by atoms with Gasteiger partial charge in [0.1, 0.15) is 0 Å². The number of benzene rings is 6. The van der Waals surface area contributed by atoms with Gasteiger partial charge in [-0.05, 0) is 33.4 Å². The lowest BCUT2D eigenvalue weighted by Crippen LogP contribution is -2.22. The van der Waals surface area contributed by atoms with Crippen LogP contribution >= 0.6 is 25.3 Å². The van der Waals surface area contributed by atoms with Gasteiger partial charge < -0.3 is 18.9 Å². The number of rotatable bonds is 6. The Hall–Kier alpha value is -4.14. The fourth-order valence-corrected chi connectivity index (χ4v) is 6.85. The van der Waals surface area contributed by atoms with Crippen LogP contribution in [-0.2, 0) is 28.4 Å². The van der Waals surface area contributed by atoms with Crippen molar-refractivity contribution in [1.29, 1.82) is 0 Å². The van der Waals surface area contributed by atoms with E-state index in [1.807, 2.05) is 36.4 Å². The highest BCUT2D eigenvalue weighted by molar-refractivity contribution is 7.82. The van der Waals surface area contributed by atoms with E-state index >= 15 is 0 Å². The van der Waals surface area contributed by atoms with Gasteiger partial charge in [0.15, 0.2) is 0 Å². The second kappa shape index (κ2) is 21.4. The summed E-state index contributed by atoms with van der Waals surface area (Å²) in [5.41, 5.74) is 7.09. The van der Waals surface area contributed by atoms with E-state index in [0.717, 1.165) is 0 Å². The van der Waals surface area contributed by atoms with Crippen molar-refractivity contribution in [2.45, 2.75) is 9.49 Å². The van der Waals surface area contributed by atoms with Crippen LogP contribution < -0.4 is 0 Å². The molecule has 1 aliphatic heterocycles. The van der Waals surface area contributed by atoms with E-state index < -0.39 is 9.49 Å². The quantitative estimate of drug-likeness (QED) is 0.132. The van der Waals surface area contributed by atoms with Crippen LogP contribution in [0.1, 0.15) is 33.4 Å². The molecule has 1 saturated heterocycles. The minimum absolute atomic E-state index is 0.427.